The van der Waals surface area contributed by atoms with E-state index in [9.17, 15) is 9.59 Å². The summed E-state index contributed by atoms with van der Waals surface area (Å²) >= 11 is 0. The molecule has 1 aliphatic rings. The molecular weight excluding hydrogens is 438 g/mol. The van der Waals surface area contributed by atoms with E-state index < -0.39 is 37.5 Å². The van der Waals surface area contributed by atoms with Crippen LogP contribution in [0.1, 0.15) is 103 Å². The van der Waals surface area contributed by atoms with Crippen LogP contribution in [0.15, 0.2) is 0 Å². The Kier molecular flexibility index (Phi) is 17.9. The number of ether oxygens (including phenoxy) is 3. The van der Waals surface area contributed by atoms with Gasteiger partial charge >= 0.3 is 12.1 Å². The van der Waals surface area contributed by atoms with Crippen molar-refractivity contribution in [3.63, 3.8) is 0 Å². The van der Waals surface area contributed by atoms with Crippen LogP contribution in [0.5, 0.6) is 0 Å². The maximum Gasteiger partial charge on any atom is 0.508 e. The maximum absolute atomic E-state index is 12.4. The Hall–Kier alpha value is -1.38. The van der Waals surface area contributed by atoms with Crippen molar-refractivity contribution in [2.75, 3.05) is 33.4 Å². The Morgan fingerprint density at radius 2 is 1.38 bits per heavy atom. The van der Waals surface area contributed by atoms with E-state index in [0.29, 0.717) is 12.8 Å². The van der Waals surface area contributed by atoms with Crippen molar-refractivity contribution in [2.45, 2.75) is 122 Å². The molecule has 0 saturated carbocycles. The fourth-order valence-electron chi connectivity index (χ4n) is 4.18. The van der Waals surface area contributed by atoms with Gasteiger partial charge in [-0.2, -0.15) is 0 Å². The quantitative estimate of drug-likeness (QED) is 0.201. The van der Waals surface area contributed by atoms with E-state index in [1.165, 1.54) is 44.9 Å². The largest absolute Gasteiger partial charge is 0.508 e. The number of hydrogen-bond donors (Lipinski definition) is 2. The molecule has 0 amide bonds. The molecule has 8 nitrogen and oxygen atoms in total. The van der Waals surface area contributed by atoms with Crippen molar-refractivity contribution in [3.05, 3.63) is 0 Å². The average Bonchev–Trinajstić information content (AvgIpc) is 2.83. The number of carbonyl (C=O) groups is 2. The van der Waals surface area contributed by atoms with Crippen molar-refractivity contribution < 1.29 is 34.0 Å². The molecule has 1 atom stereocenters. The summed E-state index contributed by atoms with van der Waals surface area (Å²) in [4.78, 5) is 26.6. The molecule has 0 radical (unpaired) electrons. The lowest BCUT2D eigenvalue weighted by atomic mass is 10.0. The van der Waals surface area contributed by atoms with E-state index in [2.05, 4.69) is 11.8 Å². The zero-order valence-electron chi connectivity index (χ0n) is 21.5. The Morgan fingerprint density at radius 3 is 1.94 bits per heavy atom. The van der Waals surface area contributed by atoms with E-state index >= 15 is 0 Å². The highest BCUT2D eigenvalue weighted by Crippen LogP contribution is 2.18. The van der Waals surface area contributed by atoms with E-state index in [4.69, 9.17) is 24.4 Å². The minimum absolute atomic E-state index is 0.0560. The van der Waals surface area contributed by atoms with E-state index in [1.54, 1.807) is 0 Å². The summed E-state index contributed by atoms with van der Waals surface area (Å²) in [5.41, 5.74) is 0. The van der Waals surface area contributed by atoms with Gasteiger partial charge in [-0.1, -0.05) is 64.7 Å². The summed E-state index contributed by atoms with van der Waals surface area (Å²) in [6, 6.07) is 0. The minimum Gasteiger partial charge on any atom is -0.457 e. The van der Waals surface area contributed by atoms with Crippen molar-refractivity contribution in [2.24, 2.45) is 0 Å². The van der Waals surface area contributed by atoms with E-state index in [-0.39, 0.29) is 12.5 Å². The van der Waals surface area contributed by atoms with Gasteiger partial charge in [0, 0.05) is 19.5 Å². The first-order valence-electron chi connectivity index (χ1n) is 13.5. The van der Waals surface area contributed by atoms with Crippen molar-refractivity contribution in [1.29, 1.82) is 0 Å². The van der Waals surface area contributed by atoms with Gasteiger partial charge in [0.1, 0.15) is 18.3 Å². The number of rotatable bonds is 19. The van der Waals surface area contributed by atoms with Crippen LogP contribution in [0, 0.1) is 0 Å². The van der Waals surface area contributed by atoms with E-state index in [0.717, 1.165) is 45.2 Å². The zero-order chi connectivity index (χ0) is 25.0. The van der Waals surface area contributed by atoms with Gasteiger partial charge in [-0.05, 0) is 39.2 Å². The third-order valence-corrected chi connectivity index (χ3v) is 6.45. The van der Waals surface area contributed by atoms with Crippen LogP contribution in [-0.4, -0.2) is 78.9 Å². The molecule has 1 aliphatic heterocycles. The molecule has 2 N–H and O–H groups in total. The average molecular weight is 488 g/mol. The van der Waals surface area contributed by atoms with Gasteiger partial charge in [0.15, 0.2) is 0 Å². The van der Waals surface area contributed by atoms with Crippen LogP contribution in [0.25, 0.3) is 0 Å². The van der Waals surface area contributed by atoms with Crippen molar-refractivity contribution >= 4 is 12.1 Å². The number of piperidine rings is 1. The van der Waals surface area contributed by atoms with Crippen molar-refractivity contribution in [1.82, 2.24) is 4.90 Å². The SMILES string of the molecule is CCCCCCCCCCCCC(CCC(=O)OC(CO)CO)OC(=O)OC1CCN(C)CC1. The molecule has 0 aliphatic carbocycles. The number of likely N-dealkylation sites (tertiary alicyclic amines) is 1. The second-order valence-corrected chi connectivity index (χ2v) is 9.60. The molecule has 1 rings (SSSR count). The van der Waals surface area contributed by atoms with Crippen molar-refractivity contribution in [3.8, 4) is 0 Å². The maximum atomic E-state index is 12.4. The number of aliphatic hydroxyl groups is 2. The van der Waals surface area contributed by atoms with Gasteiger partial charge in [-0.3, -0.25) is 4.79 Å². The number of carbonyl (C=O) groups excluding carboxylic acids is 2. The number of unbranched alkanes of at least 4 members (excludes halogenated alkanes) is 9. The number of aliphatic hydroxyl groups excluding tert-OH is 2. The highest BCUT2D eigenvalue weighted by molar-refractivity contribution is 5.69. The third kappa shape index (κ3) is 15.5. The molecule has 1 heterocycles. The van der Waals surface area contributed by atoms with Crippen LogP contribution >= 0.6 is 0 Å². The van der Waals surface area contributed by atoms with Gasteiger partial charge in [0.2, 0.25) is 0 Å². The Balaban J connectivity index is 2.36. The molecule has 0 aromatic carbocycles. The second-order valence-electron chi connectivity index (χ2n) is 9.60. The van der Waals surface area contributed by atoms with Gasteiger partial charge in [-0.25, -0.2) is 4.79 Å². The molecule has 200 valence electrons. The number of esters is 1. The van der Waals surface area contributed by atoms with E-state index in [1.807, 2.05) is 7.05 Å². The third-order valence-electron chi connectivity index (χ3n) is 6.45. The van der Waals surface area contributed by atoms with Gasteiger partial charge in [-0.15, -0.1) is 0 Å². The summed E-state index contributed by atoms with van der Waals surface area (Å²) in [6.07, 6.45) is 12.8. The standard InChI is InChI=1S/C26H49NO7/c1-3-4-5-6-7-8-9-10-11-12-13-22(14-15-25(30)32-24(20-28)21-29)33-26(31)34-23-16-18-27(2)19-17-23/h22-24,28-29H,3-21H2,1-2H3. The fraction of sp³-hybridized carbons (Fsp3) is 0.923. The van der Waals surface area contributed by atoms with Crippen LogP contribution < -0.4 is 0 Å². The van der Waals surface area contributed by atoms with Gasteiger partial charge in [0.05, 0.1) is 13.2 Å². The molecule has 8 heteroatoms. The Bertz CT molecular complexity index is 519. The molecule has 1 saturated heterocycles. The second kappa shape index (κ2) is 19.9. The number of nitrogens with zero attached hydrogens (tertiary/aromatic N) is 1. The van der Waals surface area contributed by atoms with Gasteiger partial charge in [0.25, 0.3) is 0 Å². The molecule has 34 heavy (non-hydrogen) atoms. The molecule has 1 fully saturated rings. The summed E-state index contributed by atoms with van der Waals surface area (Å²) < 4.78 is 16.1. The first kappa shape index (κ1) is 30.7. The molecule has 0 aromatic rings. The summed E-state index contributed by atoms with van der Waals surface area (Å²) in [5, 5.41) is 18.2. The number of hydrogen-bond acceptors (Lipinski definition) is 8. The Labute approximate surface area is 206 Å². The van der Waals surface area contributed by atoms with Crippen LogP contribution in [-0.2, 0) is 19.0 Å². The summed E-state index contributed by atoms with van der Waals surface area (Å²) in [5.74, 6) is -0.520. The molecule has 1 unspecified atom stereocenters. The monoisotopic (exact) mass is 487 g/mol. The molecule has 0 aromatic heterocycles. The molecule has 0 spiro atoms. The van der Waals surface area contributed by atoms with Crippen LogP contribution in [0.2, 0.25) is 0 Å². The van der Waals surface area contributed by atoms with Crippen LogP contribution in [0.3, 0.4) is 0 Å². The highest BCUT2D eigenvalue weighted by Gasteiger charge is 2.24. The fourth-order valence-corrected chi connectivity index (χ4v) is 4.18. The lowest BCUT2D eigenvalue weighted by Crippen LogP contribution is -2.36. The van der Waals surface area contributed by atoms with Gasteiger partial charge < -0.3 is 29.3 Å². The summed E-state index contributed by atoms with van der Waals surface area (Å²) in [7, 11) is 2.05. The smallest absolute Gasteiger partial charge is 0.457 e. The summed E-state index contributed by atoms with van der Waals surface area (Å²) in [6.45, 7) is 3.16. The molecular formula is C26H49NO7. The highest BCUT2D eigenvalue weighted by atomic mass is 16.7. The van der Waals surface area contributed by atoms with Crippen LogP contribution in [0.4, 0.5) is 4.79 Å². The lowest BCUT2D eigenvalue weighted by molar-refractivity contribution is -0.154. The zero-order valence-corrected chi connectivity index (χ0v) is 21.5. The first-order valence-corrected chi connectivity index (χ1v) is 13.5. The topological polar surface area (TPSA) is 106 Å². The Morgan fingerprint density at radius 1 is 0.824 bits per heavy atom. The normalized spacial score (nSPS) is 15.9. The predicted octanol–water partition coefficient (Wildman–Crippen LogP) is 4.59. The minimum atomic E-state index is -0.914. The lowest BCUT2D eigenvalue weighted by Gasteiger charge is -2.28. The first-order chi connectivity index (χ1) is 16.5. The predicted molar refractivity (Wildman–Crippen MR) is 132 cm³/mol. The molecule has 0 bridgehead atoms.